The summed E-state index contributed by atoms with van der Waals surface area (Å²) in [6, 6.07) is 0. The second-order valence-corrected chi connectivity index (χ2v) is 4.90. The first-order valence-corrected chi connectivity index (χ1v) is 5.81. The fourth-order valence-corrected chi connectivity index (χ4v) is 3.21. The van der Waals surface area contributed by atoms with Gasteiger partial charge in [0.1, 0.15) is 5.78 Å². The molecular weight excluding hydrogens is 194 g/mol. The van der Waals surface area contributed by atoms with Gasteiger partial charge in [-0.2, -0.15) is 0 Å². The zero-order valence-corrected chi connectivity index (χ0v) is 8.91. The predicted molar refractivity (Wildman–Crippen MR) is 55.2 cm³/mol. The van der Waals surface area contributed by atoms with E-state index in [0.717, 1.165) is 25.7 Å². The van der Waals surface area contributed by atoms with Crippen LogP contribution in [0.5, 0.6) is 0 Å². The maximum Gasteiger partial charge on any atom is 0.225 e. The molecule has 2 aliphatic carbocycles. The summed E-state index contributed by atoms with van der Waals surface area (Å²) >= 11 is 0. The SMILES string of the molecule is O=C1CCCC(C2([N+](=O)[O-])CCCC2)C1. The standard InChI is InChI=1S/C11H17NO3/c13-10-5-3-4-9(8-10)11(12(14)15)6-1-2-7-11/h9H,1-8H2. The van der Waals surface area contributed by atoms with Crippen LogP contribution < -0.4 is 0 Å². The Bertz CT molecular complexity index is 282. The summed E-state index contributed by atoms with van der Waals surface area (Å²) in [4.78, 5) is 22.5. The van der Waals surface area contributed by atoms with Gasteiger partial charge in [-0.25, -0.2) is 0 Å². The predicted octanol–water partition coefficient (Wildman–Crippen LogP) is 2.34. The number of carbonyl (C=O) groups excluding carboxylic acids is 1. The van der Waals surface area contributed by atoms with E-state index in [4.69, 9.17) is 0 Å². The Kier molecular flexibility index (Phi) is 2.76. The summed E-state index contributed by atoms with van der Waals surface area (Å²) < 4.78 is 0. The molecule has 4 nitrogen and oxygen atoms in total. The van der Waals surface area contributed by atoms with Crippen LogP contribution in [0.15, 0.2) is 0 Å². The summed E-state index contributed by atoms with van der Waals surface area (Å²) in [6.07, 6.45) is 6.05. The van der Waals surface area contributed by atoms with Crippen LogP contribution in [0, 0.1) is 16.0 Å². The molecule has 0 aromatic heterocycles. The Morgan fingerprint density at radius 2 is 1.93 bits per heavy atom. The third kappa shape index (κ3) is 1.77. The van der Waals surface area contributed by atoms with E-state index in [1.807, 2.05) is 0 Å². The summed E-state index contributed by atoms with van der Waals surface area (Å²) in [5.74, 6) is 0.232. The van der Waals surface area contributed by atoms with E-state index in [1.165, 1.54) is 0 Å². The molecule has 2 aliphatic rings. The maximum atomic E-state index is 11.4. The molecule has 0 aromatic carbocycles. The van der Waals surface area contributed by atoms with E-state index in [1.54, 1.807) is 0 Å². The van der Waals surface area contributed by atoms with Crippen LogP contribution >= 0.6 is 0 Å². The van der Waals surface area contributed by atoms with Crippen LogP contribution in [0.4, 0.5) is 0 Å². The number of ketones is 1. The van der Waals surface area contributed by atoms with Gasteiger partial charge < -0.3 is 0 Å². The molecule has 1 atom stereocenters. The number of nitrogens with zero attached hydrogens (tertiary/aromatic N) is 1. The van der Waals surface area contributed by atoms with Crippen LogP contribution in [0.25, 0.3) is 0 Å². The van der Waals surface area contributed by atoms with Gasteiger partial charge in [-0.3, -0.25) is 14.9 Å². The van der Waals surface area contributed by atoms with Crippen molar-refractivity contribution in [3.8, 4) is 0 Å². The van der Waals surface area contributed by atoms with Crippen molar-refractivity contribution in [3.63, 3.8) is 0 Å². The zero-order valence-electron chi connectivity index (χ0n) is 8.91. The van der Waals surface area contributed by atoms with Gasteiger partial charge in [-0.15, -0.1) is 0 Å². The highest BCUT2D eigenvalue weighted by atomic mass is 16.6. The van der Waals surface area contributed by atoms with E-state index < -0.39 is 5.54 Å². The molecule has 0 N–H and O–H groups in total. The molecule has 0 bridgehead atoms. The van der Waals surface area contributed by atoms with Gasteiger partial charge in [-0.05, 0) is 25.7 Å². The fraction of sp³-hybridized carbons (Fsp3) is 0.909. The lowest BCUT2D eigenvalue weighted by Crippen LogP contribution is -2.45. The lowest BCUT2D eigenvalue weighted by Gasteiger charge is -2.31. The van der Waals surface area contributed by atoms with E-state index in [-0.39, 0.29) is 16.6 Å². The summed E-state index contributed by atoms with van der Waals surface area (Å²) in [7, 11) is 0. The second kappa shape index (κ2) is 3.91. The monoisotopic (exact) mass is 211 g/mol. The smallest absolute Gasteiger partial charge is 0.225 e. The minimum Gasteiger partial charge on any atom is -0.300 e. The molecule has 0 heterocycles. The first kappa shape index (κ1) is 10.6. The van der Waals surface area contributed by atoms with Crippen molar-refractivity contribution in [3.05, 3.63) is 10.1 Å². The van der Waals surface area contributed by atoms with Crippen molar-refractivity contribution in [2.75, 3.05) is 0 Å². The maximum absolute atomic E-state index is 11.4. The molecule has 2 rings (SSSR count). The van der Waals surface area contributed by atoms with Crippen LogP contribution in [0.2, 0.25) is 0 Å². The summed E-state index contributed by atoms with van der Waals surface area (Å²) in [5, 5.41) is 11.2. The average molecular weight is 211 g/mol. The zero-order chi connectivity index (χ0) is 10.9. The highest BCUT2D eigenvalue weighted by molar-refractivity contribution is 5.79. The van der Waals surface area contributed by atoms with Gasteiger partial charge in [0.2, 0.25) is 5.54 Å². The molecule has 0 spiro atoms. The van der Waals surface area contributed by atoms with Crippen molar-refractivity contribution in [1.29, 1.82) is 0 Å². The fourth-order valence-electron chi connectivity index (χ4n) is 3.21. The van der Waals surface area contributed by atoms with Crippen molar-refractivity contribution in [1.82, 2.24) is 0 Å². The molecule has 4 heteroatoms. The molecule has 0 saturated heterocycles. The number of Topliss-reactive ketones (excluding diaryl/α,β-unsaturated/α-hetero) is 1. The van der Waals surface area contributed by atoms with Crippen molar-refractivity contribution >= 4 is 5.78 Å². The van der Waals surface area contributed by atoms with E-state index in [9.17, 15) is 14.9 Å². The van der Waals surface area contributed by atoms with Gasteiger partial charge in [0.15, 0.2) is 0 Å². The van der Waals surface area contributed by atoms with Gasteiger partial charge >= 0.3 is 0 Å². The lowest BCUT2D eigenvalue weighted by atomic mass is 9.73. The highest BCUT2D eigenvalue weighted by Crippen LogP contribution is 2.44. The van der Waals surface area contributed by atoms with E-state index >= 15 is 0 Å². The van der Waals surface area contributed by atoms with Gasteiger partial charge in [0, 0.05) is 36.5 Å². The number of nitro groups is 1. The molecule has 0 aliphatic heterocycles. The van der Waals surface area contributed by atoms with E-state index in [2.05, 4.69) is 0 Å². The third-order valence-electron chi connectivity index (χ3n) is 4.08. The molecule has 0 radical (unpaired) electrons. The van der Waals surface area contributed by atoms with Crippen LogP contribution in [0.1, 0.15) is 51.4 Å². The number of hydrogen-bond acceptors (Lipinski definition) is 3. The normalized spacial score (nSPS) is 30.4. The second-order valence-electron chi connectivity index (χ2n) is 4.90. The summed E-state index contributed by atoms with van der Waals surface area (Å²) in [6.45, 7) is 0. The van der Waals surface area contributed by atoms with Crippen molar-refractivity contribution in [2.45, 2.75) is 56.9 Å². The Balaban J connectivity index is 2.17. The minimum absolute atomic E-state index is 0.0104. The Morgan fingerprint density at radius 3 is 2.47 bits per heavy atom. The van der Waals surface area contributed by atoms with Gasteiger partial charge in [0.05, 0.1) is 0 Å². The topological polar surface area (TPSA) is 60.2 Å². The first-order chi connectivity index (χ1) is 7.15. The molecular formula is C11H17NO3. The molecule has 84 valence electrons. The van der Waals surface area contributed by atoms with Crippen LogP contribution in [0.3, 0.4) is 0 Å². The molecule has 1 unspecified atom stereocenters. The Hall–Kier alpha value is -0.930. The largest absolute Gasteiger partial charge is 0.300 e. The van der Waals surface area contributed by atoms with Crippen molar-refractivity contribution in [2.24, 2.45) is 5.92 Å². The Morgan fingerprint density at radius 1 is 1.27 bits per heavy atom. The number of hydrogen-bond donors (Lipinski definition) is 0. The van der Waals surface area contributed by atoms with Crippen LogP contribution in [-0.4, -0.2) is 16.2 Å². The number of carbonyl (C=O) groups is 1. The van der Waals surface area contributed by atoms with E-state index in [0.29, 0.717) is 25.7 Å². The summed E-state index contributed by atoms with van der Waals surface area (Å²) in [5.41, 5.74) is -0.754. The van der Waals surface area contributed by atoms with Gasteiger partial charge in [0.25, 0.3) is 0 Å². The van der Waals surface area contributed by atoms with Gasteiger partial charge in [-0.1, -0.05) is 0 Å². The molecule has 0 aromatic rings. The molecule has 0 amide bonds. The quantitative estimate of drug-likeness (QED) is 0.520. The first-order valence-electron chi connectivity index (χ1n) is 5.81. The molecule has 15 heavy (non-hydrogen) atoms. The molecule has 2 saturated carbocycles. The lowest BCUT2D eigenvalue weighted by molar-refractivity contribution is -0.580. The Labute approximate surface area is 89.2 Å². The third-order valence-corrected chi connectivity index (χ3v) is 4.08. The molecule has 2 fully saturated rings. The average Bonchev–Trinajstić information content (AvgIpc) is 2.67. The minimum atomic E-state index is -0.754. The van der Waals surface area contributed by atoms with Crippen molar-refractivity contribution < 1.29 is 9.72 Å². The van der Waals surface area contributed by atoms with Crippen LogP contribution in [-0.2, 0) is 4.79 Å². The number of rotatable bonds is 2. The highest BCUT2D eigenvalue weighted by Gasteiger charge is 2.52.